The first-order valence-corrected chi connectivity index (χ1v) is 9.80. The minimum absolute atomic E-state index is 0.281. The Morgan fingerprint density at radius 1 is 1.00 bits per heavy atom. The van der Waals surface area contributed by atoms with Crippen LogP contribution in [0.25, 0.3) is 6.08 Å². The third-order valence-corrected chi connectivity index (χ3v) is 4.87. The molecule has 0 amide bonds. The van der Waals surface area contributed by atoms with Gasteiger partial charge in [0.1, 0.15) is 23.1 Å². The van der Waals surface area contributed by atoms with Gasteiger partial charge in [-0.05, 0) is 29.8 Å². The van der Waals surface area contributed by atoms with Gasteiger partial charge in [0.25, 0.3) is 0 Å². The zero-order valence-electron chi connectivity index (χ0n) is 17.9. The lowest BCUT2D eigenvalue weighted by Crippen LogP contribution is -2.31. The summed E-state index contributed by atoms with van der Waals surface area (Å²) in [5, 5.41) is 14.1. The standard InChI is InChI=1S/C24H24N2O6/c1-30-17-12-10-16(11-13-17)25-18(14-9-15-7-5-4-6-8-15)20-22(27)19(23(28)31-2)21(26-20)24(29)32-3/h4-14,18,20,25,27H,1-3H3/b14-9+. The van der Waals surface area contributed by atoms with Crippen LogP contribution in [0.5, 0.6) is 5.75 Å². The van der Waals surface area contributed by atoms with Crippen LogP contribution in [-0.2, 0) is 19.1 Å². The number of methoxy groups -OCH3 is 3. The second kappa shape index (κ2) is 10.3. The minimum atomic E-state index is -0.958. The Morgan fingerprint density at radius 3 is 2.25 bits per heavy atom. The number of carbonyl (C=O) groups is 2. The number of anilines is 1. The third kappa shape index (κ3) is 4.97. The summed E-state index contributed by atoms with van der Waals surface area (Å²) >= 11 is 0. The maximum absolute atomic E-state index is 12.3. The van der Waals surface area contributed by atoms with Crippen LogP contribution in [-0.4, -0.2) is 56.2 Å². The van der Waals surface area contributed by atoms with Crippen molar-refractivity contribution in [2.75, 3.05) is 26.6 Å². The van der Waals surface area contributed by atoms with Gasteiger partial charge in [-0.2, -0.15) is 0 Å². The Hall–Kier alpha value is -4.07. The van der Waals surface area contributed by atoms with Gasteiger partial charge in [0.15, 0.2) is 5.71 Å². The fourth-order valence-corrected chi connectivity index (χ4v) is 3.23. The molecule has 8 nitrogen and oxygen atoms in total. The highest BCUT2D eigenvalue weighted by molar-refractivity contribution is 6.50. The first kappa shape index (κ1) is 22.6. The molecule has 0 spiro atoms. The number of hydrogen-bond acceptors (Lipinski definition) is 8. The number of nitrogens with zero attached hydrogens (tertiary/aromatic N) is 1. The average molecular weight is 436 g/mol. The minimum Gasteiger partial charge on any atom is -0.509 e. The molecule has 0 fully saturated rings. The van der Waals surface area contributed by atoms with E-state index in [1.807, 2.05) is 48.5 Å². The molecule has 2 aromatic rings. The molecule has 8 heteroatoms. The Labute approximate surface area is 185 Å². The highest BCUT2D eigenvalue weighted by atomic mass is 16.5. The number of esters is 2. The summed E-state index contributed by atoms with van der Waals surface area (Å²) in [5.74, 6) is -1.39. The number of carbonyl (C=O) groups excluding carboxylic acids is 2. The van der Waals surface area contributed by atoms with E-state index >= 15 is 0 Å². The molecule has 0 radical (unpaired) electrons. The molecule has 2 N–H and O–H groups in total. The van der Waals surface area contributed by atoms with E-state index in [0.29, 0.717) is 5.75 Å². The average Bonchev–Trinajstić information content (AvgIpc) is 3.18. The number of hydrogen-bond donors (Lipinski definition) is 2. The van der Waals surface area contributed by atoms with Crippen LogP contribution in [0.1, 0.15) is 5.56 Å². The fourth-order valence-electron chi connectivity index (χ4n) is 3.23. The fraction of sp³-hybridized carbons (Fsp3) is 0.208. The number of nitrogens with one attached hydrogen (secondary N) is 1. The summed E-state index contributed by atoms with van der Waals surface area (Å²) in [7, 11) is 3.91. The van der Waals surface area contributed by atoms with Crippen LogP contribution < -0.4 is 10.1 Å². The SMILES string of the molecule is COC(=O)C1=NC(C(/C=C/c2ccccc2)Nc2ccc(OC)cc2)C(O)=C1C(=O)OC. The van der Waals surface area contributed by atoms with E-state index in [1.165, 1.54) is 7.11 Å². The summed E-state index contributed by atoms with van der Waals surface area (Å²) in [6.07, 6.45) is 3.66. The van der Waals surface area contributed by atoms with Gasteiger partial charge in [-0.25, -0.2) is 9.59 Å². The molecule has 1 aliphatic heterocycles. The quantitative estimate of drug-likeness (QED) is 0.612. The van der Waals surface area contributed by atoms with Crippen molar-refractivity contribution in [1.29, 1.82) is 0 Å². The number of aliphatic hydroxyl groups is 1. The predicted molar refractivity (Wildman–Crippen MR) is 121 cm³/mol. The van der Waals surface area contributed by atoms with Gasteiger partial charge in [0, 0.05) is 5.69 Å². The van der Waals surface area contributed by atoms with Crippen molar-refractivity contribution >= 4 is 29.4 Å². The van der Waals surface area contributed by atoms with Gasteiger partial charge in [-0.1, -0.05) is 42.5 Å². The van der Waals surface area contributed by atoms with E-state index in [9.17, 15) is 14.7 Å². The number of aliphatic imine (C=N–C) groups is 1. The third-order valence-electron chi connectivity index (χ3n) is 4.87. The van der Waals surface area contributed by atoms with Crippen molar-refractivity contribution in [3.63, 3.8) is 0 Å². The highest BCUT2D eigenvalue weighted by Crippen LogP contribution is 2.27. The molecule has 2 unspecified atom stereocenters. The zero-order valence-corrected chi connectivity index (χ0v) is 17.9. The molecule has 32 heavy (non-hydrogen) atoms. The Balaban J connectivity index is 2.01. The van der Waals surface area contributed by atoms with Gasteiger partial charge in [0.2, 0.25) is 0 Å². The lowest BCUT2D eigenvalue weighted by Gasteiger charge is -2.21. The van der Waals surface area contributed by atoms with Crippen molar-refractivity contribution in [2.24, 2.45) is 4.99 Å². The van der Waals surface area contributed by atoms with Crippen molar-refractivity contribution < 1.29 is 28.9 Å². The first-order valence-electron chi connectivity index (χ1n) is 9.80. The molecule has 0 bridgehead atoms. The molecule has 1 aliphatic rings. The maximum atomic E-state index is 12.3. The van der Waals surface area contributed by atoms with Gasteiger partial charge >= 0.3 is 11.9 Å². The topological polar surface area (TPSA) is 106 Å². The molecule has 2 aromatic carbocycles. The van der Waals surface area contributed by atoms with Crippen LogP contribution in [0.15, 0.2) is 77.0 Å². The summed E-state index contributed by atoms with van der Waals surface area (Å²) < 4.78 is 14.7. The summed E-state index contributed by atoms with van der Waals surface area (Å²) in [5.41, 5.74) is 1.07. The van der Waals surface area contributed by atoms with Crippen LogP contribution in [0.2, 0.25) is 0 Å². The molecule has 3 rings (SSSR count). The van der Waals surface area contributed by atoms with Crippen molar-refractivity contribution in [2.45, 2.75) is 12.1 Å². The van der Waals surface area contributed by atoms with E-state index < -0.39 is 24.0 Å². The molecule has 0 saturated carbocycles. The lowest BCUT2D eigenvalue weighted by atomic mass is 10.0. The van der Waals surface area contributed by atoms with Crippen molar-refractivity contribution in [3.05, 3.63) is 77.6 Å². The van der Waals surface area contributed by atoms with Crippen molar-refractivity contribution in [1.82, 2.24) is 0 Å². The Kier molecular flexibility index (Phi) is 7.28. The second-order valence-electron chi connectivity index (χ2n) is 6.83. The number of rotatable bonds is 8. The Morgan fingerprint density at radius 2 is 1.66 bits per heavy atom. The largest absolute Gasteiger partial charge is 0.509 e. The van der Waals surface area contributed by atoms with Gasteiger partial charge in [0.05, 0.1) is 27.4 Å². The van der Waals surface area contributed by atoms with Crippen LogP contribution in [0, 0.1) is 0 Å². The predicted octanol–water partition coefficient (Wildman–Crippen LogP) is 3.17. The summed E-state index contributed by atoms with van der Waals surface area (Å²) in [6, 6.07) is 15.2. The van der Waals surface area contributed by atoms with E-state index in [4.69, 9.17) is 14.2 Å². The molecule has 1 heterocycles. The maximum Gasteiger partial charge on any atom is 0.357 e. The van der Waals surface area contributed by atoms with Crippen LogP contribution in [0.4, 0.5) is 5.69 Å². The van der Waals surface area contributed by atoms with Gasteiger partial charge in [-0.15, -0.1) is 0 Å². The summed E-state index contributed by atoms with van der Waals surface area (Å²) in [4.78, 5) is 28.8. The lowest BCUT2D eigenvalue weighted by molar-refractivity contribution is -0.137. The molecule has 0 aromatic heterocycles. The molecular formula is C24H24N2O6. The normalized spacial score (nSPS) is 16.5. The smallest absolute Gasteiger partial charge is 0.357 e. The molecule has 0 aliphatic carbocycles. The Bertz CT molecular complexity index is 1060. The number of aliphatic hydroxyl groups excluding tert-OH is 1. The molecule has 166 valence electrons. The summed E-state index contributed by atoms with van der Waals surface area (Å²) in [6.45, 7) is 0. The number of ether oxygens (including phenoxy) is 3. The van der Waals surface area contributed by atoms with Crippen LogP contribution in [0.3, 0.4) is 0 Å². The molecule has 2 atom stereocenters. The monoisotopic (exact) mass is 436 g/mol. The van der Waals surface area contributed by atoms with Crippen LogP contribution >= 0.6 is 0 Å². The van der Waals surface area contributed by atoms with E-state index in [2.05, 4.69) is 10.3 Å². The number of benzene rings is 2. The molecular weight excluding hydrogens is 412 g/mol. The van der Waals surface area contributed by atoms with E-state index in [-0.39, 0.29) is 17.0 Å². The van der Waals surface area contributed by atoms with E-state index in [0.717, 1.165) is 18.4 Å². The van der Waals surface area contributed by atoms with E-state index in [1.54, 1.807) is 25.3 Å². The highest BCUT2D eigenvalue weighted by Gasteiger charge is 2.40. The second-order valence-corrected chi connectivity index (χ2v) is 6.83. The van der Waals surface area contributed by atoms with Gasteiger partial charge in [-0.3, -0.25) is 4.99 Å². The first-order chi connectivity index (χ1) is 15.5. The zero-order chi connectivity index (χ0) is 23.1. The van der Waals surface area contributed by atoms with Crippen molar-refractivity contribution in [3.8, 4) is 5.75 Å². The molecule has 0 saturated heterocycles. The van der Waals surface area contributed by atoms with Gasteiger partial charge < -0.3 is 24.6 Å².